The minimum Gasteiger partial charge on any atom is -0.467 e. The SMILES string of the molecule is COC(=O)[C@H](C(C)C)N1C=CC[C@@H](N2C(=O)c3ccccc3C2=O)C1=O. The molecule has 2 atom stereocenters. The maximum absolute atomic E-state index is 13.0. The fourth-order valence-electron chi connectivity index (χ4n) is 3.41. The van der Waals surface area contributed by atoms with Crippen LogP contribution in [0, 0.1) is 5.92 Å². The number of hydrogen-bond donors (Lipinski definition) is 0. The van der Waals surface area contributed by atoms with Gasteiger partial charge in [-0.25, -0.2) is 4.79 Å². The van der Waals surface area contributed by atoms with E-state index in [4.69, 9.17) is 4.74 Å². The number of fused-ring (bicyclic) bond motifs is 1. The van der Waals surface area contributed by atoms with Crippen molar-refractivity contribution in [3.05, 3.63) is 47.7 Å². The van der Waals surface area contributed by atoms with Gasteiger partial charge in [0, 0.05) is 6.20 Å². The number of carbonyl (C=O) groups excluding carboxylic acids is 4. The summed E-state index contributed by atoms with van der Waals surface area (Å²) in [4.78, 5) is 52.8. The third-order valence-electron chi connectivity index (χ3n) is 4.68. The van der Waals surface area contributed by atoms with Gasteiger partial charge in [-0.05, 0) is 24.5 Å². The monoisotopic (exact) mass is 356 g/mol. The van der Waals surface area contributed by atoms with Crippen LogP contribution >= 0.6 is 0 Å². The number of benzene rings is 1. The molecule has 26 heavy (non-hydrogen) atoms. The third kappa shape index (κ3) is 2.69. The van der Waals surface area contributed by atoms with Crippen molar-refractivity contribution in [3.8, 4) is 0 Å². The van der Waals surface area contributed by atoms with Crippen LogP contribution in [0.5, 0.6) is 0 Å². The number of ether oxygens (including phenoxy) is 1. The highest BCUT2D eigenvalue weighted by Gasteiger charge is 2.46. The van der Waals surface area contributed by atoms with Gasteiger partial charge >= 0.3 is 5.97 Å². The van der Waals surface area contributed by atoms with E-state index in [9.17, 15) is 19.2 Å². The second kappa shape index (κ2) is 6.74. The highest BCUT2D eigenvalue weighted by Crippen LogP contribution is 2.29. The third-order valence-corrected chi connectivity index (χ3v) is 4.68. The summed E-state index contributed by atoms with van der Waals surface area (Å²) in [6.07, 6.45) is 3.43. The Bertz CT molecular complexity index is 779. The number of amides is 3. The number of nitrogens with zero attached hydrogens (tertiary/aromatic N) is 2. The normalized spacial score (nSPS) is 20.6. The molecule has 7 nitrogen and oxygen atoms in total. The Balaban J connectivity index is 1.93. The zero-order chi connectivity index (χ0) is 19.0. The molecule has 0 fully saturated rings. The average Bonchev–Trinajstić information content (AvgIpc) is 2.88. The minimum absolute atomic E-state index is 0.197. The van der Waals surface area contributed by atoms with Gasteiger partial charge in [0.05, 0.1) is 18.2 Å². The predicted molar refractivity (Wildman–Crippen MR) is 92.0 cm³/mol. The molecule has 0 bridgehead atoms. The van der Waals surface area contributed by atoms with Gasteiger partial charge in [0.25, 0.3) is 17.7 Å². The quantitative estimate of drug-likeness (QED) is 0.604. The van der Waals surface area contributed by atoms with Gasteiger partial charge in [-0.3, -0.25) is 19.3 Å². The van der Waals surface area contributed by atoms with Gasteiger partial charge in [0.1, 0.15) is 12.1 Å². The first-order valence-electron chi connectivity index (χ1n) is 8.42. The first kappa shape index (κ1) is 17.8. The van der Waals surface area contributed by atoms with Crippen molar-refractivity contribution in [2.75, 3.05) is 7.11 Å². The summed E-state index contributed by atoms with van der Waals surface area (Å²) in [5.41, 5.74) is 0.583. The molecular formula is C19H20N2O5. The molecule has 136 valence electrons. The van der Waals surface area contributed by atoms with Crippen LogP contribution < -0.4 is 0 Å². The van der Waals surface area contributed by atoms with Crippen molar-refractivity contribution in [3.63, 3.8) is 0 Å². The van der Waals surface area contributed by atoms with Crippen LogP contribution in [0.3, 0.4) is 0 Å². The van der Waals surface area contributed by atoms with Crippen LogP contribution in [0.4, 0.5) is 0 Å². The average molecular weight is 356 g/mol. The van der Waals surface area contributed by atoms with Crippen molar-refractivity contribution in [1.82, 2.24) is 9.80 Å². The van der Waals surface area contributed by atoms with Crippen molar-refractivity contribution in [2.45, 2.75) is 32.4 Å². The number of esters is 1. The molecular weight excluding hydrogens is 336 g/mol. The van der Waals surface area contributed by atoms with Gasteiger partial charge in [-0.1, -0.05) is 32.1 Å². The summed E-state index contributed by atoms with van der Waals surface area (Å²) in [5, 5.41) is 0. The van der Waals surface area contributed by atoms with E-state index in [1.54, 1.807) is 44.2 Å². The lowest BCUT2D eigenvalue weighted by molar-refractivity contribution is -0.154. The number of methoxy groups -OCH3 is 1. The van der Waals surface area contributed by atoms with E-state index in [1.807, 2.05) is 0 Å². The Morgan fingerprint density at radius 2 is 1.69 bits per heavy atom. The fourth-order valence-corrected chi connectivity index (χ4v) is 3.41. The zero-order valence-electron chi connectivity index (χ0n) is 14.8. The Morgan fingerprint density at radius 3 is 2.19 bits per heavy atom. The molecule has 0 saturated carbocycles. The number of carbonyl (C=O) groups is 4. The molecule has 3 amide bonds. The Morgan fingerprint density at radius 1 is 1.12 bits per heavy atom. The molecule has 0 saturated heterocycles. The van der Waals surface area contributed by atoms with Crippen LogP contribution in [0.25, 0.3) is 0 Å². The lowest BCUT2D eigenvalue weighted by Crippen LogP contribution is -2.56. The van der Waals surface area contributed by atoms with Crippen LogP contribution in [0.2, 0.25) is 0 Å². The molecule has 0 aromatic heterocycles. The van der Waals surface area contributed by atoms with Crippen LogP contribution in [0.1, 0.15) is 41.0 Å². The Hall–Kier alpha value is -2.96. The molecule has 2 aliphatic rings. The number of hydrogen-bond acceptors (Lipinski definition) is 5. The predicted octanol–water partition coefficient (Wildman–Crippen LogP) is 1.59. The smallest absolute Gasteiger partial charge is 0.329 e. The number of imide groups is 1. The van der Waals surface area contributed by atoms with Gasteiger partial charge in [-0.15, -0.1) is 0 Å². The van der Waals surface area contributed by atoms with E-state index in [2.05, 4.69) is 0 Å². The fraction of sp³-hybridized carbons (Fsp3) is 0.368. The maximum atomic E-state index is 13.0. The summed E-state index contributed by atoms with van der Waals surface area (Å²) in [5.74, 6) is -2.18. The highest BCUT2D eigenvalue weighted by molar-refractivity contribution is 6.23. The van der Waals surface area contributed by atoms with Crippen molar-refractivity contribution >= 4 is 23.7 Å². The molecule has 0 spiro atoms. The first-order valence-corrected chi connectivity index (χ1v) is 8.42. The standard InChI is InChI=1S/C19H20N2O5/c1-11(2)15(19(25)26-3)20-10-6-9-14(18(20)24)21-16(22)12-7-4-5-8-13(12)17(21)23/h4-8,10-11,14-15H,9H2,1-3H3/t14-,15+/m1/s1. The summed E-state index contributed by atoms with van der Waals surface area (Å²) >= 11 is 0. The second-order valence-corrected chi connectivity index (χ2v) is 6.62. The zero-order valence-corrected chi connectivity index (χ0v) is 14.8. The van der Waals surface area contributed by atoms with Gasteiger partial charge in [0.15, 0.2) is 0 Å². The number of rotatable bonds is 4. The van der Waals surface area contributed by atoms with Crippen molar-refractivity contribution in [2.24, 2.45) is 5.92 Å². The molecule has 2 aliphatic heterocycles. The summed E-state index contributed by atoms with van der Waals surface area (Å²) in [6.45, 7) is 3.60. The van der Waals surface area contributed by atoms with E-state index in [0.717, 1.165) is 4.90 Å². The molecule has 0 radical (unpaired) electrons. The molecule has 3 rings (SSSR count). The molecule has 1 aromatic rings. The van der Waals surface area contributed by atoms with E-state index in [0.29, 0.717) is 11.1 Å². The largest absolute Gasteiger partial charge is 0.467 e. The first-order chi connectivity index (χ1) is 12.4. The minimum atomic E-state index is -0.974. The van der Waals surface area contributed by atoms with Crippen molar-refractivity contribution < 1.29 is 23.9 Å². The van der Waals surface area contributed by atoms with Crippen molar-refractivity contribution in [1.29, 1.82) is 0 Å². The lowest BCUT2D eigenvalue weighted by Gasteiger charge is -2.36. The Labute approximate surface area is 151 Å². The molecule has 1 aromatic carbocycles. The van der Waals surface area contributed by atoms with E-state index < -0.39 is 35.8 Å². The van der Waals surface area contributed by atoms with E-state index in [-0.39, 0.29) is 12.3 Å². The second-order valence-electron chi connectivity index (χ2n) is 6.62. The summed E-state index contributed by atoms with van der Waals surface area (Å²) < 4.78 is 4.81. The van der Waals surface area contributed by atoms with E-state index >= 15 is 0 Å². The lowest BCUT2D eigenvalue weighted by atomic mass is 9.99. The molecule has 2 heterocycles. The molecule has 0 N–H and O–H groups in total. The Kier molecular flexibility index (Phi) is 4.63. The topological polar surface area (TPSA) is 84.0 Å². The van der Waals surface area contributed by atoms with Crippen LogP contribution in [-0.2, 0) is 14.3 Å². The molecule has 7 heteroatoms. The maximum Gasteiger partial charge on any atom is 0.329 e. The summed E-state index contributed by atoms with van der Waals surface area (Å²) in [7, 11) is 1.26. The van der Waals surface area contributed by atoms with Gasteiger partial charge < -0.3 is 9.64 Å². The molecule has 0 aliphatic carbocycles. The summed E-state index contributed by atoms with van der Waals surface area (Å²) in [6, 6.07) is 4.70. The highest BCUT2D eigenvalue weighted by atomic mass is 16.5. The van der Waals surface area contributed by atoms with E-state index in [1.165, 1.54) is 18.2 Å². The van der Waals surface area contributed by atoms with Crippen LogP contribution in [0.15, 0.2) is 36.5 Å². The molecule has 0 unspecified atom stereocenters. The van der Waals surface area contributed by atoms with Crippen LogP contribution in [-0.4, -0.2) is 52.7 Å². The van der Waals surface area contributed by atoms with Gasteiger partial charge in [0.2, 0.25) is 0 Å². The van der Waals surface area contributed by atoms with Gasteiger partial charge in [-0.2, -0.15) is 0 Å².